The second-order valence-electron chi connectivity index (χ2n) is 7.49. The molecule has 0 aliphatic carbocycles. The van der Waals surface area contributed by atoms with E-state index < -0.39 is 5.97 Å². The Morgan fingerprint density at radius 2 is 1.74 bits per heavy atom. The molecule has 31 heavy (non-hydrogen) atoms. The normalized spacial score (nSPS) is 11.3. The monoisotopic (exact) mass is 408 g/mol. The van der Waals surface area contributed by atoms with E-state index in [-0.39, 0.29) is 12.4 Å². The molecule has 0 bridgehead atoms. The maximum absolute atomic E-state index is 13.5. The number of esters is 1. The molecule has 5 aromatic rings. The molecule has 0 saturated carbocycles. The van der Waals surface area contributed by atoms with Gasteiger partial charge in [-0.05, 0) is 44.2 Å². The van der Waals surface area contributed by atoms with E-state index in [0.717, 1.165) is 27.4 Å². The van der Waals surface area contributed by atoms with E-state index >= 15 is 0 Å². The first-order chi connectivity index (χ1) is 15.1. The SMILES string of the molecule is CCOC(=O)c1cc(C(=O)c2ccc(C)cc2)n2c1ccc1c3ncccc3ccc12. The molecule has 0 N–H and O–H groups in total. The molecular weight excluding hydrogens is 388 g/mol. The number of pyridine rings is 2. The van der Waals surface area contributed by atoms with Gasteiger partial charge in [0.1, 0.15) is 0 Å². The zero-order chi connectivity index (χ0) is 21.5. The van der Waals surface area contributed by atoms with Crippen LogP contribution in [0.2, 0.25) is 0 Å². The number of carbonyl (C=O) groups excluding carboxylic acids is 2. The molecule has 0 aliphatic rings. The first-order valence-electron chi connectivity index (χ1n) is 10.2. The second kappa shape index (κ2) is 7.36. The van der Waals surface area contributed by atoms with Gasteiger partial charge in [-0.1, -0.05) is 42.0 Å². The van der Waals surface area contributed by atoms with Crippen molar-refractivity contribution in [3.05, 3.63) is 95.3 Å². The summed E-state index contributed by atoms with van der Waals surface area (Å²) in [5.74, 6) is -0.597. The molecule has 0 unspecified atom stereocenters. The predicted molar refractivity (Wildman–Crippen MR) is 121 cm³/mol. The molecular formula is C26H20N2O3. The summed E-state index contributed by atoms with van der Waals surface area (Å²) in [6, 6.07) is 20.7. The van der Waals surface area contributed by atoms with Crippen LogP contribution in [0.5, 0.6) is 0 Å². The number of hydrogen-bond donors (Lipinski definition) is 0. The van der Waals surface area contributed by atoms with Crippen LogP contribution < -0.4 is 0 Å². The molecule has 2 aromatic carbocycles. The zero-order valence-electron chi connectivity index (χ0n) is 17.3. The van der Waals surface area contributed by atoms with E-state index in [1.807, 2.05) is 72.0 Å². The Morgan fingerprint density at radius 3 is 2.52 bits per heavy atom. The van der Waals surface area contributed by atoms with Crippen molar-refractivity contribution in [1.82, 2.24) is 9.38 Å². The summed E-state index contributed by atoms with van der Waals surface area (Å²) in [6.07, 6.45) is 1.75. The lowest BCUT2D eigenvalue weighted by Crippen LogP contribution is -2.06. The highest BCUT2D eigenvalue weighted by atomic mass is 16.5. The van der Waals surface area contributed by atoms with Gasteiger partial charge < -0.3 is 9.14 Å². The van der Waals surface area contributed by atoms with Gasteiger partial charge in [-0.15, -0.1) is 0 Å². The number of ketones is 1. The summed E-state index contributed by atoms with van der Waals surface area (Å²) in [6.45, 7) is 4.01. The minimum absolute atomic E-state index is 0.154. The standard InChI is InChI=1S/C26H20N2O3/c1-3-31-26(30)20-15-23(25(29)18-8-6-16(2)7-9-18)28-21-12-10-17-5-4-14-27-24(17)19(21)11-13-22(20)28/h4-15H,3H2,1-2H3. The molecule has 0 aliphatic heterocycles. The number of fused-ring (bicyclic) bond motifs is 5. The highest BCUT2D eigenvalue weighted by Gasteiger charge is 2.23. The lowest BCUT2D eigenvalue weighted by atomic mass is 10.1. The summed E-state index contributed by atoms with van der Waals surface area (Å²) in [5, 5.41) is 1.92. The number of rotatable bonds is 4. The summed E-state index contributed by atoms with van der Waals surface area (Å²) in [7, 11) is 0. The lowest BCUT2D eigenvalue weighted by Gasteiger charge is -2.10. The largest absolute Gasteiger partial charge is 0.462 e. The minimum atomic E-state index is -0.443. The molecule has 0 radical (unpaired) electrons. The van der Waals surface area contributed by atoms with E-state index in [1.165, 1.54) is 0 Å². The molecule has 3 heterocycles. The summed E-state index contributed by atoms with van der Waals surface area (Å²) < 4.78 is 7.10. The number of aromatic nitrogens is 2. The average molecular weight is 408 g/mol. The summed E-state index contributed by atoms with van der Waals surface area (Å²) in [5.41, 5.74) is 4.74. The lowest BCUT2D eigenvalue weighted by molar-refractivity contribution is 0.0529. The van der Waals surface area contributed by atoms with Crippen LogP contribution in [0.15, 0.2) is 72.9 Å². The summed E-state index contributed by atoms with van der Waals surface area (Å²) in [4.78, 5) is 30.7. The smallest absolute Gasteiger partial charge is 0.340 e. The first-order valence-corrected chi connectivity index (χ1v) is 10.2. The molecule has 0 saturated heterocycles. The third kappa shape index (κ3) is 3.06. The number of ether oxygens (including phenoxy) is 1. The number of aryl methyl sites for hydroxylation is 1. The number of carbonyl (C=O) groups is 2. The fourth-order valence-electron chi connectivity index (χ4n) is 4.02. The highest BCUT2D eigenvalue weighted by molar-refractivity contribution is 6.14. The third-order valence-electron chi connectivity index (χ3n) is 5.52. The molecule has 0 spiro atoms. The van der Waals surface area contributed by atoms with Crippen LogP contribution in [0.3, 0.4) is 0 Å². The van der Waals surface area contributed by atoms with Crippen molar-refractivity contribution in [2.45, 2.75) is 13.8 Å². The van der Waals surface area contributed by atoms with E-state index in [2.05, 4.69) is 4.98 Å². The van der Waals surface area contributed by atoms with Gasteiger partial charge in [-0.25, -0.2) is 4.79 Å². The van der Waals surface area contributed by atoms with Gasteiger partial charge >= 0.3 is 5.97 Å². The second-order valence-corrected chi connectivity index (χ2v) is 7.49. The maximum Gasteiger partial charge on any atom is 0.340 e. The van der Waals surface area contributed by atoms with Crippen LogP contribution >= 0.6 is 0 Å². The highest BCUT2D eigenvalue weighted by Crippen LogP contribution is 2.30. The van der Waals surface area contributed by atoms with Crippen molar-refractivity contribution < 1.29 is 14.3 Å². The topological polar surface area (TPSA) is 60.7 Å². The molecule has 0 atom stereocenters. The zero-order valence-corrected chi connectivity index (χ0v) is 17.3. The first kappa shape index (κ1) is 19.0. The minimum Gasteiger partial charge on any atom is -0.462 e. The third-order valence-corrected chi connectivity index (χ3v) is 5.52. The Morgan fingerprint density at radius 1 is 0.968 bits per heavy atom. The van der Waals surface area contributed by atoms with Crippen molar-refractivity contribution >= 4 is 39.1 Å². The predicted octanol–water partition coefficient (Wildman–Crippen LogP) is 5.36. The molecule has 152 valence electrons. The fourth-order valence-corrected chi connectivity index (χ4v) is 4.02. The van der Waals surface area contributed by atoms with Crippen LogP contribution in [-0.2, 0) is 4.74 Å². The van der Waals surface area contributed by atoms with Gasteiger partial charge in [0.05, 0.1) is 34.4 Å². The van der Waals surface area contributed by atoms with Crippen LogP contribution in [0.1, 0.15) is 38.9 Å². The van der Waals surface area contributed by atoms with Gasteiger partial charge in [-0.3, -0.25) is 9.78 Å². The van der Waals surface area contributed by atoms with Gasteiger partial charge in [0.2, 0.25) is 5.78 Å². The van der Waals surface area contributed by atoms with Crippen molar-refractivity contribution in [1.29, 1.82) is 0 Å². The van der Waals surface area contributed by atoms with E-state index in [0.29, 0.717) is 22.3 Å². The average Bonchev–Trinajstić information content (AvgIpc) is 3.19. The number of nitrogens with zero attached hydrogens (tertiary/aromatic N) is 2. The molecule has 5 rings (SSSR count). The Bertz CT molecular complexity index is 1480. The Kier molecular flexibility index (Phi) is 4.51. The molecule has 5 heteroatoms. The van der Waals surface area contributed by atoms with Gasteiger partial charge in [0.25, 0.3) is 0 Å². The van der Waals surface area contributed by atoms with Crippen LogP contribution in [0.25, 0.3) is 27.3 Å². The molecule has 3 aromatic heterocycles. The van der Waals surface area contributed by atoms with E-state index in [4.69, 9.17) is 4.74 Å². The summed E-state index contributed by atoms with van der Waals surface area (Å²) >= 11 is 0. The quantitative estimate of drug-likeness (QED) is 0.228. The van der Waals surface area contributed by atoms with Crippen molar-refractivity contribution in [2.24, 2.45) is 0 Å². The molecule has 0 fully saturated rings. The van der Waals surface area contributed by atoms with Gasteiger partial charge in [0.15, 0.2) is 0 Å². The van der Waals surface area contributed by atoms with Gasteiger partial charge in [-0.2, -0.15) is 0 Å². The van der Waals surface area contributed by atoms with Gasteiger partial charge in [0, 0.05) is 22.5 Å². The number of hydrogen-bond acceptors (Lipinski definition) is 4. The molecule has 0 amide bonds. The number of benzene rings is 2. The van der Waals surface area contributed by atoms with Crippen LogP contribution in [0, 0.1) is 6.92 Å². The fraction of sp³-hybridized carbons (Fsp3) is 0.115. The van der Waals surface area contributed by atoms with Crippen LogP contribution in [-0.4, -0.2) is 27.7 Å². The van der Waals surface area contributed by atoms with E-state index in [1.54, 1.807) is 19.2 Å². The van der Waals surface area contributed by atoms with E-state index in [9.17, 15) is 9.59 Å². The van der Waals surface area contributed by atoms with Crippen LogP contribution in [0.4, 0.5) is 0 Å². The van der Waals surface area contributed by atoms with Crippen molar-refractivity contribution in [3.63, 3.8) is 0 Å². The Hall–Kier alpha value is -3.99. The Balaban J connectivity index is 1.85. The maximum atomic E-state index is 13.5. The Labute approximate surface area is 178 Å². The molecule has 5 nitrogen and oxygen atoms in total. The van der Waals surface area contributed by atoms with Crippen molar-refractivity contribution in [2.75, 3.05) is 6.61 Å². The van der Waals surface area contributed by atoms with Crippen molar-refractivity contribution in [3.8, 4) is 0 Å².